The minimum atomic E-state index is 0.807. The highest BCUT2D eigenvalue weighted by Gasteiger charge is 2.23. The SMILES string of the molecule is CN(C)c1nc2c(s1)Cc1cc(Cl)ccc1-2. The van der Waals surface area contributed by atoms with Gasteiger partial charge in [-0.25, -0.2) is 4.98 Å². The zero-order valence-corrected chi connectivity index (χ0v) is 10.7. The van der Waals surface area contributed by atoms with Crippen LogP contribution in [0.15, 0.2) is 18.2 Å². The monoisotopic (exact) mass is 250 g/mol. The number of aromatic nitrogens is 1. The summed E-state index contributed by atoms with van der Waals surface area (Å²) in [6.07, 6.45) is 0.969. The number of anilines is 1. The van der Waals surface area contributed by atoms with Crippen LogP contribution in [0, 0.1) is 0 Å². The van der Waals surface area contributed by atoms with Crippen molar-refractivity contribution in [3.05, 3.63) is 33.7 Å². The quantitative estimate of drug-likeness (QED) is 0.658. The molecule has 4 heteroatoms. The van der Waals surface area contributed by atoms with Crippen LogP contribution in [0.3, 0.4) is 0 Å². The number of halogens is 1. The fourth-order valence-electron chi connectivity index (χ4n) is 1.97. The second-order valence-corrected chi connectivity index (χ2v) is 5.64. The molecule has 0 spiro atoms. The molecule has 1 aromatic carbocycles. The Morgan fingerprint density at radius 3 is 2.94 bits per heavy atom. The second kappa shape index (κ2) is 3.47. The molecule has 1 heterocycles. The topological polar surface area (TPSA) is 16.1 Å². The molecule has 0 bridgehead atoms. The van der Waals surface area contributed by atoms with Crippen molar-refractivity contribution >= 4 is 28.1 Å². The van der Waals surface area contributed by atoms with Gasteiger partial charge >= 0.3 is 0 Å². The van der Waals surface area contributed by atoms with Gasteiger partial charge in [-0.2, -0.15) is 0 Å². The van der Waals surface area contributed by atoms with Gasteiger partial charge in [-0.05, 0) is 17.7 Å². The fraction of sp³-hybridized carbons (Fsp3) is 0.250. The Balaban J connectivity index is 2.13. The van der Waals surface area contributed by atoms with E-state index in [-0.39, 0.29) is 0 Å². The molecule has 2 aromatic rings. The van der Waals surface area contributed by atoms with Crippen LogP contribution in [-0.2, 0) is 6.42 Å². The van der Waals surface area contributed by atoms with Gasteiger partial charge < -0.3 is 4.90 Å². The Kier molecular flexibility index (Phi) is 2.19. The highest BCUT2D eigenvalue weighted by atomic mass is 35.5. The molecule has 3 rings (SSSR count). The molecule has 0 radical (unpaired) electrons. The van der Waals surface area contributed by atoms with Gasteiger partial charge in [0.25, 0.3) is 0 Å². The molecule has 0 saturated heterocycles. The average molecular weight is 251 g/mol. The zero-order valence-electron chi connectivity index (χ0n) is 9.12. The van der Waals surface area contributed by atoms with Crippen LogP contribution in [0.1, 0.15) is 10.4 Å². The number of rotatable bonds is 1. The highest BCUT2D eigenvalue weighted by Crippen LogP contribution is 2.42. The summed E-state index contributed by atoms with van der Waals surface area (Å²) in [5, 5.41) is 1.88. The van der Waals surface area contributed by atoms with Gasteiger partial charge in [0.1, 0.15) is 0 Å². The molecule has 2 nitrogen and oxygen atoms in total. The Morgan fingerprint density at radius 1 is 1.38 bits per heavy atom. The third-order valence-electron chi connectivity index (χ3n) is 2.74. The van der Waals surface area contributed by atoms with Crippen LogP contribution < -0.4 is 4.90 Å². The molecule has 0 fully saturated rings. The van der Waals surface area contributed by atoms with Crippen molar-refractivity contribution in [2.45, 2.75) is 6.42 Å². The summed E-state index contributed by atoms with van der Waals surface area (Å²) in [6, 6.07) is 6.05. The van der Waals surface area contributed by atoms with Gasteiger partial charge in [0.05, 0.1) is 5.69 Å². The number of hydrogen-bond donors (Lipinski definition) is 0. The van der Waals surface area contributed by atoms with Crippen LogP contribution in [0.25, 0.3) is 11.3 Å². The van der Waals surface area contributed by atoms with Crippen LogP contribution in [0.5, 0.6) is 0 Å². The standard InChI is InChI=1S/C12H11ClN2S/c1-15(2)12-14-11-9-4-3-8(13)5-7(9)6-10(11)16-12/h3-5H,6H2,1-2H3. The third kappa shape index (κ3) is 1.43. The van der Waals surface area contributed by atoms with Crippen LogP contribution in [0.4, 0.5) is 5.13 Å². The Morgan fingerprint density at radius 2 is 2.19 bits per heavy atom. The van der Waals surface area contributed by atoms with E-state index in [0.717, 1.165) is 22.3 Å². The Bertz CT molecular complexity index is 560. The Hall–Kier alpha value is -1.06. The number of benzene rings is 1. The molecular formula is C12H11ClN2S. The van der Waals surface area contributed by atoms with E-state index in [2.05, 4.69) is 16.0 Å². The van der Waals surface area contributed by atoms with Crippen molar-refractivity contribution in [2.24, 2.45) is 0 Å². The van der Waals surface area contributed by atoms with E-state index >= 15 is 0 Å². The Labute approximate surface area is 104 Å². The summed E-state index contributed by atoms with van der Waals surface area (Å²) < 4.78 is 0. The van der Waals surface area contributed by atoms with Gasteiger partial charge in [-0.15, -0.1) is 11.3 Å². The molecule has 1 aliphatic rings. The van der Waals surface area contributed by atoms with Crippen molar-refractivity contribution in [2.75, 3.05) is 19.0 Å². The number of hydrogen-bond acceptors (Lipinski definition) is 3. The maximum Gasteiger partial charge on any atom is 0.185 e. The van der Waals surface area contributed by atoms with E-state index in [0.29, 0.717) is 0 Å². The van der Waals surface area contributed by atoms with E-state index in [4.69, 9.17) is 11.6 Å². The predicted octanol–water partition coefficient (Wildman–Crippen LogP) is 3.43. The molecule has 1 aliphatic carbocycles. The lowest BCUT2D eigenvalue weighted by molar-refractivity contribution is 1.11. The number of thiazole rings is 1. The molecule has 0 atom stereocenters. The van der Waals surface area contributed by atoms with Crippen molar-refractivity contribution in [1.29, 1.82) is 0 Å². The minimum Gasteiger partial charge on any atom is -0.354 e. The van der Waals surface area contributed by atoms with Crippen molar-refractivity contribution < 1.29 is 0 Å². The number of fused-ring (bicyclic) bond motifs is 3. The van der Waals surface area contributed by atoms with E-state index < -0.39 is 0 Å². The van der Waals surface area contributed by atoms with Crippen LogP contribution >= 0.6 is 22.9 Å². The van der Waals surface area contributed by atoms with E-state index in [1.807, 2.05) is 26.2 Å². The highest BCUT2D eigenvalue weighted by molar-refractivity contribution is 7.16. The lowest BCUT2D eigenvalue weighted by atomic mass is 10.1. The maximum atomic E-state index is 5.99. The van der Waals surface area contributed by atoms with Crippen molar-refractivity contribution in [1.82, 2.24) is 4.98 Å². The summed E-state index contributed by atoms with van der Waals surface area (Å²) >= 11 is 7.75. The predicted molar refractivity (Wildman–Crippen MR) is 69.7 cm³/mol. The van der Waals surface area contributed by atoms with Gasteiger partial charge in [0, 0.05) is 36.0 Å². The van der Waals surface area contributed by atoms with Crippen molar-refractivity contribution in [3.8, 4) is 11.3 Å². The fourth-order valence-corrected chi connectivity index (χ4v) is 3.19. The molecule has 0 amide bonds. The molecule has 0 aliphatic heterocycles. The van der Waals surface area contributed by atoms with Crippen LogP contribution in [0.2, 0.25) is 5.02 Å². The molecule has 0 saturated carbocycles. The first-order chi connectivity index (χ1) is 7.65. The van der Waals surface area contributed by atoms with Gasteiger partial charge in [0.15, 0.2) is 5.13 Å². The lowest BCUT2D eigenvalue weighted by Crippen LogP contribution is -2.07. The minimum absolute atomic E-state index is 0.807. The molecule has 0 unspecified atom stereocenters. The summed E-state index contributed by atoms with van der Waals surface area (Å²) in [7, 11) is 4.05. The largest absolute Gasteiger partial charge is 0.354 e. The molecule has 16 heavy (non-hydrogen) atoms. The van der Waals surface area contributed by atoms with Crippen LogP contribution in [-0.4, -0.2) is 19.1 Å². The first-order valence-electron chi connectivity index (χ1n) is 5.11. The molecule has 0 N–H and O–H groups in total. The van der Waals surface area contributed by atoms with Gasteiger partial charge in [-0.3, -0.25) is 0 Å². The molecule has 82 valence electrons. The van der Waals surface area contributed by atoms with E-state index in [9.17, 15) is 0 Å². The van der Waals surface area contributed by atoms with Gasteiger partial charge in [-0.1, -0.05) is 17.7 Å². The zero-order chi connectivity index (χ0) is 11.3. The molecular weight excluding hydrogens is 240 g/mol. The normalized spacial score (nSPS) is 12.4. The maximum absolute atomic E-state index is 5.99. The summed E-state index contributed by atoms with van der Waals surface area (Å²) in [5.41, 5.74) is 3.68. The van der Waals surface area contributed by atoms with E-state index in [1.54, 1.807) is 11.3 Å². The average Bonchev–Trinajstić information content (AvgIpc) is 2.73. The summed E-state index contributed by atoms with van der Waals surface area (Å²) in [4.78, 5) is 8.06. The van der Waals surface area contributed by atoms with Gasteiger partial charge in [0.2, 0.25) is 0 Å². The summed E-state index contributed by atoms with van der Waals surface area (Å²) in [5.74, 6) is 0. The van der Waals surface area contributed by atoms with E-state index in [1.165, 1.54) is 16.0 Å². The first-order valence-corrected chi connectivity index (χ1v) is 6.30. The smallest absolute Gasteiger partial charge is 0.185 e. The second-order valence-electron chi connectivity index (χ2n) is 4.14. The molecule has 1 aromatic heterocycles. The third-order valence-corrected chi connectivity index (χ3v) is 4.20. The first kappa shape index (κ1) is 10.1. The number of nitrogens with zero attached hydrogens (tertiary/aromatic N) is 2. The summed E-state index contributed by atoms with van der Waals surface area (Å²) in [6.45, 7) is 0. The van der Waals surface area contributed by atoms with Crippen molar-refractivity contribution in [3.63, 3.8) is 0 Å². The lowest BCUT2D eigenvalue weighted by Gasteiger charge is -2.06.